The van der Waals surface area contributed by atoms with Crippen LogP contribution in [-0.4, -0.2) is 28.7 Å². The van der Waals surface area contributed by atoms with Crippen LogP contribution in [0, 0.1) is 0 Å². The lowest BCUT2D eigenvalue weighted by molar-refractivity contribution is 0.114. The summed E-state index contributed by atoms with van der Waals surface area (Å²) in [4.78, 5) is 12.8. The lowest BCUT2D eigenvalue weighted by Crippen LogP contribution is -2.35. The summed E-state index contributed by atoms with van der Waals surface area (Å²) in [6, 6.07) is 4.32. The average Bonchev–Trinajstić information content (AvgIpc) is 2.63. The number of nitrogens with zero attached hydrogens (tertiary/aromatic N) is 1. The molecule has 0 saturated heterocycles. The Bertz CT molecular complexity index is 527. The fraction of sp³-hybridized carbons (Fsp3) is 0.562. The van der Waals surface area contributed by atoms with Crippen LogP contribution < -0.4 is 4.74 Å². The van der Waals surface area contributed by atoms with Gasteiger partial charge < -0.3 is 14.7 Å². The molecule has 2 aliphatic rings. The van der Waals surface area contributed by atoms with Gasteiger partial charge in [-0.15, -0.1) is 0 Å². The molecule has 0 aromatic heterocycles. The van der Waals surface area contributed by atoms with Gasteiger partial charge in [0.25, 0.3) is 0 Å². The van der Waals surface area contributed by atoms with Crippen molar-refractivity contribution in [3.63, 3.8) is 0 Å². The van der Waals surface area contributed by atoms with Crippen molar-refractivity contribution < 1.29 is 14.6 Å². The molecule has 108 valence electrons. The Labute approximate surface area is 119 Å². The highest BCUT2D eigenvalue weighted by Crippen LogP contribution is 2.32. The van der Waals surface area contributed by atoms with Crippen LogP contribution >= 0.6 is 0 Å². The molecule has 3 rings (SSSR count). The van der Waals surface area contributed by atoms with E-state index < -0.39 is 6.09 Å². The summed E-state index contributed by atoms with van der Waals surface area (Å²) in [5, 5.41) is 9.31. The molecule has 1 heterocycles. The molecular weight excluding hydrogens is 254 g/mol. The van der Waals surface area contributed by atoms with Crippen LogP contribution in [0.3, 0.4) is 0 Å². The first-order valence-electron chi connectivity index (χ1n) is 7.46. The second kappa shape index (κ2) is 5.35. The van der Waals surface area contributed by atoms with Crippen LogP contribution in [0.25, 0.3) is 0 Å². The summed E-state index contributed by atoms with van der Waals surface area (Å²) in [6.07, 6.45) is 4.60. The highest BCUT2D eigenvalue weighted by molar-refractivity contribution is 5.65. The SMILES string of the molecule is CC[C@@H]1CN(C(=O)O)Cc2cc3c(cc2O1)CCCC3. The molecule has 4 nitrogen and oxygen atoms in total. The molecular formula is C16H21NO3. The zero-order chi connectivity index (χ0) is 14.1. The Hall–Kier alpha value is -1.71. The fourth-order valence-electron chi connectivity index (χ4n) is 3.14. The van der Waals surface area contributed by atoms with Crippen molar-refractivity contribution >= 4 is 6.09 Å². The molecule has 1 aromatic rings. The topological polar surface area (TPSA) is 49.8 Å². The molecule has 1 N–H and O–H groups in total. The molecule has 0 unspecified atom stereocenters. The molecule has 20 heavy (non-hydrogen) atoms. The van der Waals surface area contributed by atoms with Crippen LogP contribution in [0.5, 0.6) is 5.75 Å². The number of hydrogen-bond donors (Lipinski definition) is 1. The van der Waals surface area contributed by atoms with E-state index in [0.717, 1.165) is 30.6 Å². The third-order valence-electron chi connectivity index (χ3n) is 4.33. The van der Waals surface area contributed by atoms with Gasteiger partial charge in [-0.05, 0) is 49.3 Å². The second-order valence-electron chi connectivity index (χ2n) is 5.75. The van der Waals surface area contributed by atoms with Crippen molar-refractivity contribution in [2.45, 2.75) is 51.7 Å². The number of hydrogen-bond acceptors (Lipinski definition) is 2. The standard InChI is InChI=1S/C16H21NO3/c1-2-14-10-17(16(18)19)9-13-7-11-5-3-4-6-12(11)8-15(13)20-14/h7-8,14H,2-6,9-10H2,1H3,(H,18,19)/t14-/m1/s1. The van der Waals surface area contributed by atoms with Crippen LogP contribution in [-0.2, 0) is 19.4 Å². The van der Waals surface area contributed by atoms with Crippen LogP contribution in [0.15, 0.2) is 12.1 Å². The second-order valence-corrected chi connectivity index (χ2v) is 5.75. The Kier molecular flexibility index (Phi) is 3.55. The zero-order valence-corrected chi connectivity index (χ0v) is 11.9. The maximum Gasteiger partial charge on any atom is 0.407 e. The van der Waals surface area contributed by atoms with E-state index in [9.17, 15) is 9.90 Å². The summed E-state index contributed by atoms with van der Waals surface area (Å²) < 4.78 is 6.05. The number of amides is 1. The van der Waals surface area contributed by atoms with E-state index in [-0.39, 0.29) is 6.10 Å². The minimum absolute atomic E-state index is 0.0472. The molecule has 1 aliphatic carbocycles. The molecule has 4 heteroatoms. The smallest absolute Gasteiger partial charge is 0.407 e. The van der Waals surface area contributed by atoms with Gasteiger partial charge in [-0.2, -0.15) is 0 Å². The van der Waals surface area contributed by atoms with Gasteiger partial charge >= 0.3 is 6.09 Å². The van der Waals surface area contributed by atoms with Gasteiger partial charge in [-0.3, -0.25) is 0 Å². The first-order chi connectivity index (χ1) is 9.67. The normalized spacial score (nSPS) is 21.4. The lowest BCUT2D eigenvalue weighted by Gasteiger charge is -2.20. The Morgan fingerprint density at radius 3 is 2.65 bits per heavy atom. The molecule has 1 aromatic carbocycles. The monoisotopic (exact) mass is 275 g/mol. The largest absolute Gasteiger partial charge is 0.488 e. The summed E-state index contributed by atoms with van der Waals surface area (Å²) in [5.41, 5.74) is 3.77. The first-order valence-corrected chi connectivity index (χ1v) is 7.46. The molecule has 0 spiro atoms. The molecule has 0 fully saturated rings. The lowest BCUT2D eigenvalue weighted by atomic mass is 9.90. The van der Waals surface area contributed by atoms with Crippen molar-refractivity contribution in [2.24, 2.45) is 0 Å². The van der Waals surface area contributed by atoms with E-state index in [1.54, 1.807) is 0 Å². The van der Waals surface area contributed by atoms with Gasteiger partial charge in [-0.25, -0.2) is 4.79 Å². The van der Waals surface area contributed by atoms with Gasteiger partial charge in [-0.1, -0.05) is 13.0 Å². The predicted octanol–water partition coefficient (Wildman–Crippen LogP) is 3.22. The predicted molar refractivity (Wildman–Crippen MR) is 76.2 cm³/mol. The summed E-state index contributed by atoms with van der Waals surface area (Å²) in [6.45, 7) is 2.92. The number of carbonyl (C=O) groups is 1. The number of fused-ring (bicyclic) bond motifs is 2. The Balaban J connectivity index is 1.98. The van der Waals surface area contributed by atoms with Crippen LogP contribution in [0.1, 0.15) is 42.9 Å². The third kappa shape index (κ3) is 2.47. The maximum absolute atomic E-state index is 11.3. The van der Waals surface area contributed by atoms with E-state index in [0.29, 0.717) is 13.1 Å². The third-order valence-corrected chi connectivity index (χ3v) is 4.33. The van der Waals surface area contributed by atoms with E-state index in [1.165, 1.54) is 28.9 Å². The van der Waals surface area contributed by atoms with Gasteiger partial charge in [0, 0.05) is 5.56 Å². The van der Waals surface area contributed by atoms with Gasteiger partial charge in [0.05, 0.1) is 13.1 Å². The summed E-state index contributed by atoms with van der Waals surface area (Å²) in [5.74, 6) is 0.890. The maximum atomic E-state index is 11.3. The van der Waals surface area contributed by atoms with Crippen molar-refractivity contribution in [2.75, 3.05) is 6.54 Å². The molecule has 0 saturated carbocycles. The number of carboxylic acid groups (broad SMARTS) is 1. The van der Waals surface area contributed by atoms with Gasteiger partial charge in [0.15, 0.2) is 0 Å². The van der Waals surface area contributed by atoms with Crippen molar-refractivity contribution in [1.82, 2.24) is 4.90 Å². The quantitative estimate of drug-likeness (QED) is 0.856. The Morgan fingerprint density at radius 1 is 1.30 bits per heavy atom. The molecule has 0 bridgehead atoms. The van der Waals surface area contributed by atoms with Crippen molar-refractivity contribution in [3.05, 3.63) is 28.8 Å². The van der Waals surface area contributed by atoms with E-state index in [2.05, 4.69) is 12.1 Å². The summed E-state index contributed by atoms with van der Waals surface area (Å²) >= 11 is 0. The van der Waals surface area contributed by atoms with E-state index in [1.807, 2.05) is 6.92 Å². The molecule has 1 aliphatic heterocycles. The Morgan fingerprint density at radius 2 is 2.00 bits per heavy atom. The highest BCUT2D eigenvalue weighted by Gasteiger charge is 2.26. The van der Waals surface area contributed by atoms with E-state index >= 15 is 0 Å². The highest BCUT2D eigenvalue weighted by atomic mass is 16.5. The van der Waals surface area contributed by atoms with Crippen LogP contribution in [0.2, 0.25) is 0 Å². The van der Waals surface area contributed by atoms with Crippen LogP contribution in [0.4, 0.5) is 4.79 Å². The molecule has 1 amide bonds. The minimum atomic E-state index is -0.863. The minimum Gasteiger partial charge on any atom is -0.488 e. The molecule has 1 atom stereocenters. The summed E-state index contributed by atoms with van der Waals surface area (Å²) in [7, 11) is 0. The number of rotatable bonds is 1. The van der Waals surface area contributed by atoms with E-state index in [4.69, 9.17) is 4.74 Å². The van der Waals surface area contributed by atoms with Crippen molar-refractivity contribution in [1.29, 1.82) is 0 Å². The van der Waals surface area contributed by atoms with Gasteiger partial charge in [0.2, 0.25) is 0 Å². The number of benzene rings is 1. The fourth-order valence-corrected chi connectivity index (χ4v) is 3.14. The number of ether oxygens (including phenoxy) is 1. The van der Waals surface area contributed by atoms with Gasteiger partial charge in [0.1, 0.15) is 11.9 Å². The first kappa shape index (κ1) is 13.3. The van der Waals surface area contributed by atoms with Crippen molar-refractivity contribution in [3.8, 4) is 5.75 Å². The molecule has 0 radical (unpaired) electrons. The number of aryl methyl sites for hydroxylation is 2. The average molecular weight is 275 g/mol. The zero-order valence-electron chi connectivity index (χ0n) is 11.9.